The Balaban J connectivity index is 1.77. The van der Waals surface area contributed by atoms with E-state index in [0.717, 1.165) is 17.5 Å². The Bertz CT molecular complexity index is 648. The molecule has 22 heavy (non-hydrogen) atoms. The molecule has 114 valence electrons. The van der Waals surface area contributed by atoms with Crippen LogP contribution in [0.1, 0.15) is 23.6 Å². The molecule has 0 unspecified atom stereocenters. The van der Waals surface area contributed by atoms with Gasteiger partial charge in [-0.05, 0) is 36.6 Å². The first kappa shape index (κ1) is 15.8. The predicted octanol–water partition coefficient (Wildman–Crippen LogP) is 3.09. The zero-order valence-corrected chi connectivity index (χ0v) is 12.9. The molecular weight excluding hydrogens is 276 g/mol. The number of aryl methyl sites for hydroxylation is 2. The number of carbonyl (C=O) groups is 1. The van der Waals surface area contributed by atoms with Gasteiger partial charge in [-0.15, -0.1) is 0 Å². The van der Waals surface area contributed by atoms with E-state index in [4.69, 9.17) is 4.74 Å². The lowest BCUT2D eigenvalue weighted by atomic mass is 10.2. The molecule has 0 spiro atoms. The first-order valence-corrected chi connectivity index (χ1v) is 7.27. The number of carbonyl (C=O) groups excluding carboxylic acids is 1. The van der Waals surface area contributed by atoms with Gasteiger partial charge in [0.2, 0.25) is 0 Å². The molecule has 0 aliphatic carbocycles. The van der Waals surface area contributed by atoms with Crippen molar-refractivity contribution in [2.45, 2.75) is 20.3 Å². The van der Waals surface area contributed by atoms with Crippen molar-refractivity contribution in [1.29, 1.82) is 0 Å². The summed E-state index contributed by atoms with van der Waals surface area (Å²) in [5.41, 5.74) is 5.77. The quantitative estimate of drug-likeness (QED) is 0.658. The van der Waals surface area contributed by atoms with E-state index in [-0.39, 0.29) is 12.5 Å². The van der Waals surface area contributed by atoms with Crippen LogP contribution in [0.2, 0.25) is 0 Å². The molecule has 0 radical (unpaired) electrons. The maximum Gasteiger partial charge on any atom is 0.277 e. The first-order valence-electron chi connectivity index (χ1n) is 7.27. The minimum Gasteiger partial charge on any atom is -0.484 e. The number of amides is 1. The van der Waals surface area contributed by atoms with Gasteiger partial charge in [0.15, 0.2) is 6.61 Å². The molecule has 0 saturated carbocycles. The molecular formula is C18H20N2O2. The third-order valence-electron chi connectivity index (χ3n) is 3.15. The van der Waals surface area contributed by atoms with Crippen LogP contribution < -0.4 is 10.2 Å². The molecule has 2 aromatic rings. The summed E-state index contributed by atoms with van der Waals surface area (Å²) in [6.45, 7) is 4.04. The minimum atomic E-state index is -0.288. The van der Waals surface area contributed by atoms with E-state index >= 15 is 0 Å². The van der Waals surface area contributed by atoms with E-state index in [1.54, 1.807) is 6.21 Å². The fourth-order valence-corrected chi connectivity index (χ4v) is 1.93. The molecule has 0 saturated heterocycles. The molecule has 4 heteroatoms. The van der Waals surface area contributed by atoms with Crippen LogP contribution in [0.25, 0.3) is 0 Å². The zero-order valence-electron chi connectivity index (χ0n) is 12.9. The molecule has 2 rings (SSSR count). The lowest BCUT2D eigenvalue weighted by Gasteiger charge is -2.05. The van der Waals surface area contributed by atoms with Gasteiger partial charge in [0.05, 0.1) is 6.21 Å². The topological polar surface area (TPSA) is 50.7 Å². The van der Waals surface area contributed by atoms with E-state index in [2.05, 4.69) is 17.5 Å². The fourth-order valence-electron chi connectivity index (χ4n) is 1.93. The van der Waals surface area contributed by atoms with Gasteiger partial charge in [-0.2, -0.15) is 5.10 Å². The van der Waals surface area contributed by atoms with Gasteiger partial charge in [0.25, 0.3) is 5.91 Å². The molecule has 0 atom stereocenters. The maximum absolute atomic E-state index is 11.6. The zero-order chi connectivity index (χ0) is 15.8. The van der Waals surface area contributed by atoms with Crippen molar-refractivity contribution in [2.75, 3.05) is 6.61 Å². The number of rotatable bonds is 6. The van der Waals surface area contributed by atoms with E-state index in [1.807, 2.05) is 55.5 Å². The molecule has 4 nitrogen and oxygen atoms in total. The van der Waals surface area contributed by atoms with Crippen LogP contribution in [0.3, 0.4) is 0 Å². The normalized spacial score (nSPS) is 10.6. The smallest absolute Gasteiger partial charge is 0.277 e. The third-order valence-corrected chi connectivity index (χ3v) is 3.15. The Labute approximate surface area is 130 Å². The number of nitrogens with one attached hydrogen (secondary N) is 1. The second kappa shape index (κ2) is 7.98. The van der Waals surface area contributed by atoms with Gasteiger partial charge < -0.3 is 4.74 Å². The number of hydrogen-bond acceptors (Lipinski definition) is 3. The summed E-state index contributed by atoms with van der Waals surface area (Å²) >= 11 is 0. The van der Waals surface area contributed by atoms with E-state index in [9.17, 15) is 4.79 Å². The van der Waals surface area contributed by atoms with Gasteiger partial charge in [0, 0.05) is 0 Å². The SMILES string of the molecule is CCc1ccc(OCC(=O)NN=Cc2cccc(C)c2)cc1. The van der Waals surface area contributed by atoms with Crippen LogP contribution in [-0.4, -0.2) is 18.7 Å². The molecule has 0 fully saturated rings. The predicted molar refractivity (Wildman–Crippen MR) is 88.2 cm³/mol. The van der Waals surface area contributed by atoms with Crippen LogP contribution in [-0.2, 0) is 11.2 Å². The Hall–Kier alpha value is -2.62. The van der Waals surface area contributed by atoms with Crippen molar-refractivity contribution in [3.8, 4) is 5.75 Å². The van der Waals surface area contributed by atoms with E-state index < -0.39 is 0 Å². The number of nitrogens with zero attached hydrogens (tertiary/aromatic N) is 1. The first-order chi connectivity index (χ1) is 10.7. The highest BCUT2D eigenvalue weighted by molar-refractivity contribution is 5.83. The van der Waals surface area contributed by atoms with E-state index in [1.165, 1.54) is 5.56 Å². The molecule has 0 heterocycles. The molecule has 1 N–H and O–H groups in total. The van der Waals surface area contributed by atoms with Crippen LogP contribution in [0.15, 0.2) is 53.6 Å². The summed E-state index contributed by atoms with van der Waals surface area (Å²) in [4.78, 5) is 11.6. The summed E-state index contributed by atoms with van der Waals surface area (Å²) in [5, 5.41) is 3.92. The van der Waals surface area contributed by atoms with Crippen molar-refractivity contribution in [2.24, 2.45) is 5.10 Å². The lowest BCUT2D eigenvalue weighted by Crippen LogP contribution is -2.24. The molecule has 0 aliphatic heterocycles. The molecule has 2 aromatic carbocycles. The summed E-state index contributed by atoms with van der Waals surface area (Å²) in [7, 11) is 0. The van der Waals surface area contributed by atoms with Crippen molar-refractivity contribution >= 4 is 12.1 Å². The molecule has 0 bridgehead atoms. The number of benzene rings is 2. The highest BCUT2D eigenvalue weighted by Gasteiger charge is 2.01. The van der Waals surface area contributed by atoms with E-state index in [0.29, 0.717) is 5.75 Å². The van der Waals surface area contributed by atoms with Gasteiger partial charge >= 0.3 is 0 Å². The lowest BCUT2D eigenvalue weighted by molar-refractivity contribution is -0.123. The van der Waals surface area contributed by atoms with Crippen LogP contribution >= 0.6 is 0 Å². The van der Waals surface area contributed by atoms with Gasteiger partial charge in [-0.25, -0.2) is 5.43 Å². The Kier molecular flexibility index (Phi) is 5.72. The Morgan fingerprint density at radius 2 is 2.00 bits per heavy atom. The van der Waals surface area contributed by atoms with Crippen molar-refractivity contribution < 1.29 is 9.53 Å². The van der Waals surface area contributed by atoms with Gasteiger partial charge in [0.1, 0.15) is 5.75 Å². The summed E-state index contributed by atoms with van der Waals surface area (Å²) in [5.74, 6) is 0.387. The maximum atomic E-state index is 11.6. The second-order valence-electron chi connectivity index (χ2n) is 4.99. The molecule has 0 aliphatic rings. The largest absolute Gasteiger partial charge is 0.484 e. The van der Waals surface area contributed by atoms with Gasteiger partial charge in [-0.1, -0.05) is 48.9 Å². The highest BCUT2D eigenvalue weighted by atomic mass is 16.5. The fraction of sp³-hybridized carbons (Fsp3) is 0.222. The standard InChI is InChI=1S/C18H20N2O2/c1-3-15-7-9-17(10-8-15)22-13-18(21)20-19-12-16-6-4-5-14(2)11-16/h4-12H,3,13H2,1-2H3,(H,20,21). The Morgan fingerprint density at radius 3 is 2.68 bits per heavy atom. The second-order valence-corrected chi connectivity index (χ2v) is 4.99. The van der Waals surface area contributed by atoms with Gasteiger partial charge in [-0.3, -0.25) is 4.79 Å². The Morgan fingerprint density at radius 1 is 1.23 bits per heavy atom. The third kappa shape index (κ3) is 5.05. The number of ether oxygens (including phenoxy) is 1. The van der Waals surface area contributed by atoms with Crippen molar-refractivity contribution in [3.63, 3.8) is 0 Å². The van der Waals surface area contributed by atoms with Crippen LogP contribution in [0.4, 0.5) is 0 Å². The average Bonchev–Trinajstić information content (AvgIpc) is 2.53. The van der Waals surface area contributed by atoms with Crippen molar-refractivity contribution in [3.05, 3.63) is 65.2 Å². The van der Waals surface area contributed by atoms with Crippen LogP contribution in [0.5, 0.6) is 5.75 Å². The highest BCUT2D eigenvalue weighted by Crippen LogP contribution is 2.12. The molecule has 1 amide bonds. The van der Waals surface area contributed by atoms with Crippen molar-refractivity contribution in [1.82, 2.24) is 5.43 Å². The average molecular weight is 296 g/mol. The number of hydrogen-bond donors (Lipinski definition) is 1. The summed E-state index contributed by atoms with van der Waals surface area (Å²) < 4.78 is 5.40. The molecule has 0 aromatic heterocycles. The minimum absolute atomic E-state index is 0.0589. The monoisotopic (exact) mass is 296 g/mol. The summed E-state index contributed by atoms with van der Waals surface area (Å²) in [6.07, 6.45) is 2.59. The number of hydrazone groups is 1. The van der Waals surface area contributed by atoms with Crippen LogP contribution in [0, 0.1) is 6.92 Å². The summed E-state index contributed by atoms with van der Waals surface area (Å²) in [6, 6.07) is 15.6.